The smallest absolute Gasteiger partial charge is 0.276 e. The fraction of sp³-hybridized carbons (Fsp3) is 0.360. The SMILES string of the molecule is CC[C@@H]1CCC2CC1Cc1cccc(F)c1-c1ncc(N)c(n1)C(=O)Nc1cnccc12. The van der Waals surface area contributed by atoms with Gasteiger partial charge in [0.25, 0.3) is 5.91 Å². The number of nitrogens with zero attached hydrogens (tertiary/aromatic N) is 3. The molecule has 3 N–H and O–H groups in total. The molecule has 6 nitrogen and oxygen atoms in total. The van der Waals surface area contributed by atoms with Gasteiger partial charge in [-0.15, -0.1) is 0 Å². The van der Waals surface area contributed by atoms with Crippen LogP contribution in [0.25, 0.3) is 11.4 Å². The van der Waals surface area contributed by atoms with Crippen LogP contribution in [0.3, 0.4) is 0 Å². The van der Waals surface area contributed by atoms with Crippen molar-refractivity contribution in [3.63, 3.8) is 0 Å². The first-order chi connectivity index (χ1) is 15.5. The summed E-state index contributed by atoms with van der Waals surface area (Å²) in [7, 11) is 0. The molecule has 2 unspecified atom stereocenters. The fourth-order valence-corrected chi connectivity index (χ4v) is 5.41. The van der Waals surface area contributed by atoms with Gasteiger partial charge in [-0.2, -0.15) is 0 Å². The largest absolute Gasteiger partial charge is 0.396 e. The number of anilines is 2. The van der Waals surface area contributed by atoms with Crippen LogP contribution in [0.4, 0.5) is 15.8 Å². The van der Waals surface area contributed by atoms with Crippen molar-refractivity contribution < 1.29 is 9.18 Å². The number of halogens is 1. The van der Waals surface area contributed by atoms with Crippen molar-refractivity contribution in [3.05, 3.63) is 65.5 Å². The first kappa shape index (κ1) is 20.5. The lowest BCUT2D eigenvalue weighted by atomic mass is 9.68. The number of fused-ring (bicyclic) bond motifs is 8. The third kappa shape index (κ3) is 3.61. The summed E-state index contributed by atoms with van der Waals surface area (Å²) in [6.45, 7) is 2.23. The van der Waals surface area contributed by atoms with Crippen LogP contribution < -0.4 is 11.1 Å². The van der Waals surface area contributed by atoms with Crippen molar-refractivity contribution in [1.82, 2.24) is 15.0 Å². The number of benzene rings is 1. The zero-order valence-electron chi connectivity index (χ0n) is 18.0. The molecule has 1 fully saturated rings. The summed E-state index contributed by atoms with van der Waals surface area (Å²) in [5.41, 5.74) is 9.22. The summed E-state index contributed by atoms with van der Waals surface area (Å²) in [6.07, 6.45) is 9.78. The molecule has 1 saturated carbocycles. The van der Waals surface area contributed by atoms with Crippen molar-refractivity contribution in [3.8, 4) is 11.4 Å². The zero-order chi connectivity index (χ0) is 22.2. The van der Waals surface area contributed by atoms with E-state index in [4.69, 9.17) is 5.73 Å². The highest BCUT2D eigenvalue weighted by Crippen LogP contribution is 2.45. The highest BCUT2D eigenvalue weighted by atomic mass is 19.1. The molecule has 32 heavy (non-hydrogen) atoms. The van der Waals surface area contributed by atoms with Gasteiger partial charge in [0.15, 0.2) is 11.5 Å². The Morgan fingerprint density at radius 1 is 1.22 bits per heavy atom. The lowest BCUT2D eigenvalue weighted by Crippen LogP contribution is -2.26. The van der Waals surface area contributed by atoms with Gasteiger partial charge in [-0.25, -0.2) is 14.4 Å². The Balaban J connectivity index is 1.71. The number of amides is 1. The van der Waals surface area contributed by atoms with Crippen LogP contribution in [0.2, 0.25) is 0 Å². The number of pyridine rings is 1. The topological polar surface area (TPSA) is 93.8 Å². The van der Waals surface area contributed by atoms with Crippen molar-refractivity contribution >= 4 is 17.3 Å². The van der Waals surface area contributed by atoms with E-state index >= 15 is 4.39 Å². The number of nitrogens with two attached hydrogens (primary N) is 1. The Hall–Kier alpha value is -3.35. The van der Waals surface area contributed by atoms with E-state index in [-0.39, 0.29) is 23.0 Å². The predicted molar refractivity (Wildman–Crippen MR) is 122 cm³/mol. The number of hydrogen-bond acceptors (Lipinski definition) is 5. The number of hydrogen-bond donors (Lipinski definition) is 2. The molecular formula is C25H26FN5O. The van der Waals surface area contributed by atoms with Crippen molar-refractivity contribution in [2.75, 3.05) is 11.1 Å². The van der Waals surface area contributed by atoms with Gasteiger partial charge >= 0.3 is 0 Å². The normalized spacial score (nSPS) is 22.4. The first-order valence-corrected chi connectivity index (χ1v) is 11.2. The van der Waals surface area contributed by atoms with Gasteiger partial charge in [-0.1, -0.05) is 25.5 Å². The van der Waals surface area contributed by atoms with Gasteiger partial charge in [0.1, 0.15) is 5.82 Å². The molecule has 0 spiro atoms. The van der Waals surface area contributed by atoms with Crippen LogP contribution >= 0.6 is 0 Å². The molecule has 3 aromatic rings. The molecule has 2 aromatic heterocycles. The molecule has 5 rings (SSSR count). The van der Waals surface area contributed by atoms with E-state index in [1.165, 1.54) is 12.3 Å². The molecule has 0 radical (unpaired) electrons. The lowest BCUT2D eigenvalue weighted by Gasteiger charge is -2.37. The van der Waals surface area contributed by atoms with E-state index in [0.29, 0.717) is 29.0 Å². The second-order valence-corrected chi connectivity index (χ2v) is 8.83. The molecule has 2 aliphatic rings. The minimum atomic E-state index is -0.448. The number of nitrogen functional groups attached to an aromatic ring is 1. The second kappa shape index (κ2) is 8.30. The molecule has 4 bridgehead atoms. The Bertz CT molecular complexity index is 1180. The predicted octanol–water partition coefficient (Wildman–Crippen LogP) is 4.98. The van der Waals surface area contributed by atoms with E-state index in [1.807, 2.05) is 12.1 Å². The molecule has 164 valence electrons. The maximum atomic E-state index is 15.1. The van der Waals surface area contributed by atoms with E-state index < -0.39 is 5.91 Å². The molecule has 1 aromatic carbocycles. The molecular weight excluding hydrogens is 405 g/mol. The first-order valence-electron chi connectivity index (χ1n) is 11.2. The quantitative estimate of drug-likeness (QED) is 0.567. The maximum absolute atomic E-state index is 15.1. The van der Waals surface area contributed by atoms with Crippen molar-refractivity contribution in [2.24, 2.45) is 11.8 Å². The summed E-state index contributed by atoms with van der Waals surface area (Å²) in [6, 6.07) is 7.09. The standard InChI is InChI=1S/C25H26FN5O/c1-2-14-6-7-15-10-17(14)11-16-4-3-5-19(26)22(16)24-29-12-20(27)23(31-24)25(32)30-21-13-28-9-8-18(15)21/h3-5,8-9,12-15,17H,2,6-7,10-11,27H2,1H3,(H,30,32)/t14-,15?,17?/m1/s1. The molecule has 1 amide bonds. The van der Waals surface area contributed by atoms with E-state index in [2.05, 4.69) is 27.2 Å². The number of aromatic nitrogens is 3. The highest BCUT2D eigenvalue weighted by Gasteiger charge is 2.33. The maximum Gasteiger partial charge on any atom is 0.276 e. The number of nitrogens with one attached hydrogen (secondary N) is 1. The van der Waals surface area contributed by atoms with E-state index in [9.17, 15) is 4.79 Å². The van der Waals surface area contributed by atoms with Crippen molar-refractivity contribution in [2.45, 2.75) is 44.9 Å². The molecule has 3 heterocycles. The van der Waals surface area contributed by atoms with Crippen LogP contribution in [0.1, 0.15) is 60.1 Å². The second-order valence-electron chi connectivity index (χ2n) is 8.83. The highest BCUT2D eigenvalue weighted by molar-refractivity contribution is 6.06. The zero-order valence-corrected chi connectivity index (χ0v) is 18.0. The van der Waals surface area contributed by atoms with Crippen LogP contribution in [-0.2, 0) is 6.42 Å². The number of carbonyl (C=O) groups is 1. The Kier molecular flexibility index (Phi) is 5.33. The molecule has 1 aliphatic heterocycles. The summed E-state index contributed by atoms with van der Waals surface area (Å²) >= 11 is 0. The number of carbonyl (C=O) groups excluding carboxylic acids is 1. The van der Waals surface area contributed by atoms with Gasteiger partial charge < -0.3 is 11.1 Å². The monoisotopic (exact) mass is 431 g/mol. The molecule has 0 saturated heterocycles. The third-order valence-corrected chi connectivity index (χ3v) is 7.04. The summed E-state index contributed by atoms with van der Waals surface area (Å²) in [5.74, 6) is 0.604. The van der Waals surface area contributed by atoms with Crippen molar-refractivity contribution in [1.29, 1.82) is 0 Å². The van der Waals surface area contributed by atoms with Gasteiger partial charge in [0.05, 0.1) is 29.3 Å². The number of rotatable bonds is 1. The average Bonchev–Trinajstić information content (AvgIpc) is 2.80. The fourth-order valence-electron chi connectivity index (χ4n) is 5.41. The third-order valence-electron chi connectivity index (χ3n) is 7.04. The lowest BCUT2D eigenvalue weighted by molar-refractivity contribution is 0.102. The molecule has 3 atom stereocenters. The summed E-state index contributed by atoms with van der Waals surface area (Å²) < 4.78 is 15.1. The van der Waals surface area contributed by atoms with E-state index in [1.54, 1.807) is 18.5 Å². The van der Waals surface area contributed by atoms with Gasteiger partial charge in [-0.3, -0.25) is 9.78 Å². The minimum absolute atomic E-state index is 0.0349. The van der Waals surface area contributed by atoms with Crippen LogP contribution in [0.15, 0.2) is 42.9 Å². The average molecular weight is 432 g/mol. The van der Waals surface area contributed by atoms with Gasteiger partial charge in [0, 0.05) is 6.20 Å². The summed E-state index contributed by atoms with van der Waals surface area (Å²) in [4.78, 5) is 26.1. The summed E-state index contributed by atoms with van der Waals surface area (Å²) in [5, 5.41) is 2.95. The Morgan fingerprint density at radius 2 is 2.09 bits per heavy atom. The van der Waals surface area contributed by atoms with Crippen LogP contribution in [-0.4, -0.2) is 20.9 Å². The molecule has 1 aliphatic carbocycles. The van der Waals surface area contributed by atoms with Crippen LogP contribution in [0, 0.1) is 17.7 Å². The minimum Gasteiger partial charge on any atom is -0.396 e. The van der Waals surface area contributed by atoms with Crippen LogP contribution in [0.5, 0.6) is 0 Å². The Labute approximate surface area is 186 Å². The Morgan fingerprint density at radius 3 is 2.94 bits per heavy atom. The van der Waals surface area contributed by atoms with Gasteiger partial charge in [0.2, 0.25) is 0 Å². The van der Waals surface area contributed by atoms with E-state index in [0.717, 1.165) is 43.2 Å². The van der Waals surface area contributed by atoms with Gasteiger partial charge in [-0.05, 0) is 66.7 Å². The molecule has 7 heteroatoms.